The Bertz CT molecular complexity index is 2730. The first-order chi connectivity index (χ1) is 37.9. The molecule has 1 aliphatic carbocycles. The predicted molar refractivity (Wildman–Crippen MR) is 292 cm³/mol. The van der Waals surface area contributed by atoms with E-state index in [-0.39, 0.29) is 89.8 Å². The minimum atomic E-state index is -1.66. The highest BCUT2D eigenvalue weighted by Gasteiger charge is 2.41. The first kappa shape index (κ1) is 60.0. The van der Waals surface area contributed by atoms with Crippen LogP contribution in [0.15, 0.2) is 78.2 Å². The minimum absolute atomic E-state index is 0.0307. The SMILES string of the molecule is CCCC[C@H]1C(=O)N[C@@H](C(=O)N[C@H]2CC(=O)NCCCC[C@@H](C(N)=O)NC(=O)[C@H](CC3=CCc4ccccc43)CC(=O)[C@H](CCCN=C(N)N)CC(=O)[C@@H](Cc3ccccc3)NC(=O)[C@H](Cc3cnc[nH]3)NC2=O)CN1C(C)=O. The summed E-state index contributed by atoms with van der Waals surface area (Å²) in [4.78, 5) is 153. The molecular formula is C56H75N13O10. The van der Waals surface area contributed by atoms with Crippen molar-refractivity contribution in [1.82, 2.24) is 46.8 Å². The molecule has 13 N–H and O–H groups in total. The number of carbonyl (C=O) groups excluding carboxylic acids is 10. The van der Waals surface area contributed by atoms with Gasteiger partial charge in [-0.05, 0) is 80.1 Å². The molecule has 0 bridgehead atoms. The van der Waals surface area contributed by atoms with Crippen molar-refractivity contribution in [2.24, 2.45) is 34.0 Å². The highest BCUT2D eigenvalue weighted by molar-refractivity contribution is 6.00. The van der Waals surface area contributed by atoms with Crippen LogP contribution in [-0.2, 0) is 67.2 Å². The van der Waals surface area contributed by atoms with Gasteiger partial charge in [-0.15, -0.1) is 0 Å². The number of H-pyrrole nitrogens is 1. The van der Waals surface area contributed by atoms with Gasteiger partial charge in [-0.3, -0.25) is 52.9 Å². The molecule has 3 heterocycles. The molecule has 23 nitrogen and oxygen atoms in total. The third kappa shape index (κ3) is 17.9. The van der Waals surface area contributed by atoms with Crippen molar-refractivity contribution in [3.8, 4) is 0 Å². The van der Waals surface area contributed by atoms with Crippen LogP contribution >= 0.6 is 0 Å². The normalized spacial score (nSPS) is 24.1. The number of aliphatic imine (C=N–C) groups is 1. The molecule has 3 aliphatic rings. The number of hydrogen-bond acceptors (Lipinski definition) is 12. The summed E-state index contributed by atoms with van der Waals surface area (Å²) >= 11 is 0. The van der Waals surface area contributed by atoms with E-state index in [0.29, 0.717) is 30.5 Å². The largest absolute Gasteiger partial charge is 0.370 e. The number of rotatable bonds is 16. The van der Waals surface area contributed by atoms with E-state index in [4.69, 9.17) is 17.2 Å². The molecular weight excluding hydrogens is 1010 g/mol. The number of piperazine rings is 1. The van der Waals surface area contributed by atoms with Gasteiger partial charge in [0.25, 0.3) is 0 Å². The Hall–Kier alpha value is -8.24. The standard InChI is InChI=1S/C56H75N13O10/c1-3-4-19-46-55(79)68-45(31-69(46)33(2)70)54(78)67-44-29-49(73)61-22-11-10-18-41(50(57)74)64-51(75)38(25-36-21-20-35-15-8-9-17-40(35)36)27-47(71)37(16-12-23-62-56(58)59)26-48(72)42(24-34-13-6-5-7-14-34)65-52(76)43(66-53(44)77)28-39-30-60-32-63-39/h5-9,13-15,17,21,30,32,37-38,41-46H,3-4,10-12,16,18-20,22-29,31H2,1-2H3,(H2,57,74)(H,60,63)(H,61,73)(H,64,75)(H,65,76)(H,66,77)(H,67,78)(H,68,79)(H4,58,59,62)/t37-,38-,41+,42-,43+,44+,45-,46+/m1/s1. The van der Waals surface area contributed by atoms with E-state index in [1.54, 1.807) is 30.3 Å². The van der Waals surface area contributed by atoms with Crippen LogP contribution in [0.25, 0.3) is 5.57 Å². The van der Waals surface area contributed by atoms with Crippen LogP contribution < -0.4 is 49.1 Å². The van der Waals surface area contributed by atoms with Crippen LogP contribution in [0.3, 0.4) is 0 Å². The zero-order valence-electron chi connectivity index (χ0n) is 44.9. The van der Waals surface area contributed by atoms with E-state index in [1.165, 1.54) is 24.3 Å². The molecule has 0 saturated carbocycles. The molecule has 8 amide bonds. The maximum absolute atomic E-state index is 14.9. The zero-order valence-corrected chi connectivity index (χ0v) is 44.9. The average Bonchev–Trinajstić information content (AvgIpc) is 4.10. The maximum Gasteiger partial charge on any atom is 0.245 e. The number of primary amides is 1. The lowest BCUT2D eigenvalue weighted by atomic mass is 9.83. The average molecular weight is 1090 g/mol. The second kappa shape index (κ2) is 29.5. The molecule has 1 aromatic heterocycles. The number of guanidine groups is 1. The lowest BCUT2D eigenvalue weighted by Gasteiger charge is -2.38. The molecule has 0 spiro atoms. The van der Waals surface area contributed by atoms with Crippen molar-refractivity contribution in [3.63, 3.8) is 0 Å². The van der Waals surface area contributed by atoms with Gasteiger partial charge in [0.15, 0.2) is 11.7 Å². The number of imidazole rings is 1. The summed E-state index contributed by atoms with van der Waals surface area (Å²) in [5.41, 5.74) is 21.0. The van der Waals surface area contributed by atoms with E-state index >= 15 is 0 Å². The fraction of sp³-hybridized carbons (Fsp3) is 0.500. The van der Waals surface area contributed by atoms with Gasteiger partial charge in [-0.2, -0.15) is 0 Å². The van der Waals surface area contributed by atoms with E-state index in [2.05, 4.69) is 46.9 Å². The molecule has 23 heteroatoms. The monoisotopic (exact) mass is 1090 g/mol. The number of amides is 8. The predicted octanol–water partition coefficient (Wildman–Crippen LogP) is 0.450. The Morgan fingerprint density at radius 1 is 0.747 bits per heavy atom. The number of fused-ring (bicyclic) bond motifs is 1. The van der Waals surface area contributed by atoms with Gasteiger partial charge in [-0.1, -0.05) is 80.4 Å². The Kier molecular flexibility index (Phi) is 22.4. The lowest BCUT2D eigenvalue weighted by molar-refractivity contribution is -0.146. The zero-order chi connectivity index (χ0) is 57.0. The first-order valence-corrected chi connectivity index (χ1v) is 27.1. The summed E-state index contributed by atoms with van der Waals surface area (Å²) in [6.07, 6.45) is 6.72. The first-order valence-electron chi connectivity index (χ1n) is 27.1. The van der Waals surface area contributed by atoms with Crippen molar-refractivity contribution in [1.29, 1.82) is 0 Å². The number of allylic oxidation sites excluding steroid dienone is 2. The Balaban J connectivity index is 1.35. The van der Waals surface area contributed by atoms with Crippen LogP contribution in [0, 0.1) is 11.8 Å². The Morgan fingerprint density at radius 3 is 2.18 bits per heavy atom. The molecule has 0 unspecified atom stereocenters. The van der Waals surface area contributed by atoms with Gasteiger partial charge >= 0.3 is 0 Å². The summed E-state index contributed by atoms with van der Waals surface area (Å²) in [5.74, 6) is -8.93. The maximum atomic E-state index is 14.9. The third-order valence-corrected chi connectivity index (χ3v) is 14.6. The second-order valence-electron chi connectivity index (χ2n) is 20.5. The number of aromatic amines is 1. The van der Waals surface area contributed by atoms with Crippen LogP contribution in [-0.4, -0.2) is 136 Å². The van der Waals surface area contributed by atoms with Gasteiger partial charge in [0.05, 0.1) is 25.3 Å². The quantitative estimate of drug-likeness (QED) is 0.0530. The van der Waals surface area contributed by atoms with Crippen molar-refractivity contribution < 1.29 is 47.9 Å². The van der Waals surface area contributed by atoms with Crippen LogP contribution in [0.4, 0.5) is 0 Å². The molecule has 3 aromatic rings. The molecule has 79 heavy (non-hydrogen) atoms. The van der Waals surface area contributed by atoms with Gasteiger partial charge in [-0.25, -0.2) is 4.98 Å². The highest BCUT2D eigenvalue weighted by atomic mass is 16.2. The number of nitrogens with one attached hydrogen (secondary N) is 7. The number of aromatic nitrogens is 2. The fourth-order valence-corrected chi connectivity index (χ4v) is 10.2. The Morgan fingerprint density at radius 2 is 1.47 bits per heavy atom. The summed E-state index contributed by atoms with van der Waals surface area (Å²) in [7, 11) is 0. The molecule has 2 aliphatic heterocycles. The number of hydrogen-bond donors (Lipinski definition) is 10. The molecule has 2 saturated heterocycles. The highest BCUT2D eigenvalue weighted by Crippen LogP contribution is 2.34. The fourth-order valence-electron chi connectivity index (χ4n) is 10.2. The number of ketones is 2. The molecule has 8 atom stereocenters. The summed E-state index contributed by atoms with van der Waals surface area (Å²) < 4.78 is 0. The van der Waals surface area contributed by atoms with Crippen molar-refractivity contribution in [2.75, 3.05) is 19.6 Å². The van der Waals surface area contributed by atoms with Crippen LogP contribution in [0.2, 0.25) is 0 Å². The van der Waals surface area contributed by atoms with Gasteiger partial charge in [0, 0.05) is 63.0 Å². The second-order valence-corrected chi connectivity index (χ2v) is 20.5. The summed E-state index contributed by atoms with van der Waals surface area (Å²) in [5, 5.41) is 16.3. The number of nitrogens with zero attached hydrogens (tertiary/aromatic N) is 3. The van der Waals surface area contributed by atoms with E-state index in [9.17, 15) is 47.9 Å². The van der Waals surface area contributed by atoms with E-state index in [0.717, 1.165) is 23.1 Å². The van der Waals surface area contributed by atoms with Crippen molar-refractivity contribution >= 4 is 70.4 Å². The molecule has 0 radical (unpaired) electrons. The van der Waals surface area contributed by atoms with Crippen molar-refractivity contribution in [2.45, 2.75) is 146 Å². The Labute approximate surface area is 459 Å². The van der Waals surface area contributed by atoms with E-state index < -0.39 is 113 Å². The molecule has 2 aromatic carbocycles. The lowest BCUT2D eigenvalue weighted by Crippen LogP contribution is -2.66. The van der Waals surface area contributed by atoms with Crippen LogP contribution in [0.1, 0.15) is 113 Å². The van der Waals surface area contributed by atoms with Crippen molar-refractivity contribution in [3.05, 3.63) is 95.6 Å². The van der Waals surface area contributed by atoms with Crippen LogP contribution in [0.5, 0.6) is 0 Å². The molecule has 2 fully saturated rings. The van der Waals surface area contributed by atoms with Gasteiger partial charge in [0.2, 0.25) is 47.3 Å². The topological polar surface area (TPSA) is 365 Å². The third-order valence-electron chi connectivity index (χ3n) is 14.6. The number of Topliss-reactive ketones (excluding diaryl/α,β-unsaturated/α-hetero) is 2. The molecule has 6 rings (SSSR count). The van der Waals surface area contributed by atoms with Gasteiger partial charge < -0.3 is 59.0 Å². The minimum Gasteiger partial charge on any atom is -0.370 e. The number of nitrogens with two attached hydrogens (primary N) is 3. The van der Waals surface area contributed by atoms with Gasteiger partial charge in [0.1, 0.15) is 36.0 Å². The summed E-state index contributed by atoms with van der Waals surface area (Å²) in [6, 6.07) is 8.84. The van der Waals surface area contributed by atoms with E-state index in [1.807, 2.05) is 37.3 Å². The summed E-state index contributed by atoms with van der Waals surface area (Å²) in [6.45, 7) is 3.17. The molecule has 424 valence electrons. The number of unbranched alkanes of at least 4 members (excludes halogenated alkanes) is 1. The smallest absolute Gasteiger partial charge is 0.245 e. The number of carbonyl (C=O) groups is 10. The number of benzene rings is 2.